The number of benzene rings is 1. The average molecular weight is 248 g/mol. The molecule has 0 aliphatic heterocycles. The number of carboxylic acid groups (broad SMARTS) is 1. The highest BCUT2D eigenvalue weighted by Gasteiger charge is 2.14. The first-order valence-corrected chi connectivity index (χ1v) is 5.42. The summed E-state index contributed by atoms with van der Waals surface area (Å²) in [6.07, 6.45) is 1.59. The number of nitrogens with one attached hydrogen (secondary N) is 1. The number of amides is 2. The van der Waals surface area contributed by atoms with E-state index in [2.05, 4.69) is 11.9 Å². The van der Waals surface area contributed by atoms with Crippen LogP contribution in [-0.2, 0) is 0 Å². The highest BCUT2D eigenvalue weighted by molar-refractivity contribution is 6.00. The van der Waals surface area contributed by atoms with Crippen molar-refractivity contribution in [3.05, 3.63) is 42.0 Å². The number of rotatable bonds is 4. The van der Waals surface area contributed by atoms with Gasteiger partial charge in [-0.3, -0.25) is 0 Å². The van der Waals surface area contributed by atoms with E-state index < -0.39 is 5.97 Å². The Hall–Kier alpha value is -2.30. The molecular weight excluding hydrogens is 232 g/mol. The molecule has 0 fully saturated rings. The predicted molar refractivity (Wildman–Crippen MR) is 70.0 cm³/mol. The first-order valence-electron chi connectivity index (χ1n) is 5.42. The fourth-order valence-corrected chi connectivity index (χ4v) is 1.43. The van der Waals surface area contributed by atoms with E-state index in [1.54, 1.807) is 32.2 Å². The van der Waals surface area contributed by atoms with Crippen LogP contribution in [0.5, 0.6) is 0 Å². The molecule has 96 valence electrons. The number of carbonyl (C=O) groups excluding carboxylic acids is 1. The molecule has 0 aliphatic carbocycles. The SMILES string of the molecule is C=CCN(C)C(=O)Nc1ccc(C)cc1C(=O)O. The lowest BCUT2D eigenvalue weighted by Crippen LogP contribution is -2.31. The highest BCUT2D eigenvalue weighted by Crippen LogP contribution is 2.17. The van der Waals surface area contributed by atoms with Gasteiger partial charge in [-0.1, -0.05) is 17.7 Å². The van der Waals surface area contributed by atoms with Gasteiger partial charge in [0.15, 0.2) is 0 Å². The smallest absolute Gasteiger partial charge is 0.337 e. The predicted octanol–water partition coefficient (Wildman–Crippen LogP) is 2.34. The normalized spacial score (nSPS) is 9.67. The maximum atomic E-state index is 11.7. The third-order valence-corrected chi connectivity index (χ3v) is 2.40. The second-order valence-corrected chi connectivity index (χ2v) is 3.95. The van der Waals surface area contributed by atoms with Crippen LogP contribution in [-0.4, -0.2) is 35.6 Å². The van der Waals surface area contributed by atoms with Crippen LogP contribution in [0.1, 0.15) is 15.9 Å². The second kappa shape index (κ2) is 5.86. The molecule has 0 aromatic heterocycles. The molecule has 1 aromatic carbocycles. The van der Waals surface area contributed by atoms with E-state index in [0.717, 1.165) is 5.56 Å². The summed E-state index contributed by atoms with van der Waals surface area (Å²) in [6, 6.07) is 4.47. The Morgan fingerprint density at radius 2 is 2.17 bits per heavy atom. The number of likely N-dealkylation sites (N-methyl/N-ethyl adjacent to an activating group) is 1. The van der Waals surface area contributed by atoms with Crippen molar-refractivity contribution in [2.24, 2.45) is 0 Å². The number of urea groups is 1. The molecule has 0 spiro atoms. The summed E-state index contributed by atoms with van der Waals surface area (Å²) in [6.45, 7) is 5.71. The Bertz CT molecular complexity index is 483. The minimum atomic E-state index is -1.07. The third-order valence-electron chi connectivity index (χ3n) is 2.40. The maximum Gasteiger partial charge on any atom is 0.337 e. The highest BCUT2D eigenvalue weighted by atomic mass is 16.4. The zero-order valence-corrected chi connectivity index (χ0v) is 10.4. The number of aromatic carboxylic acids is 1. The zero-order valence-electron chi connectivity index (χ0n) is 10.4. The Labute approximate surface area is 106 Å². The van der Waals surface area contributed by atoms with Gasteiger partial charge < -0.3 is 15.3 Å². The molecule has 0 radical (unpaired) electrons. The summed E-state index contributed by atoms with van der Waals surface area (Å²) in [5.74, 6) is -1.07. The van der Waals surface area contributed by atoms with E-state index in [0.29, 0.717) is 6.54 Å². The summed E-state index contributed by atoms with van der Waals surface area (Å²) in [4.78, 5) is 24.2. The van der Waals surface area contributed by atoms with Gasteiger partial charge >= 0.3 is 12.0 Å². The lowest BCUT2D eigenvalue weighted by molar-refractivity contribution is 0.0698. The van der Waals surface area contributed by atoms with Crippen LogP contribution >= 0.6 is 0 Å². The maximum absolute atomic E-state index is 11.7. The van der Waals surface area contributed by atoms with Gasteiger partial charge in [0.2, 0.25) is 0 Å². The van der Waals surface area contributed by atoms with Crippen LogP contribution in [0.25, 0.3) is 0 Å². The summed E-state index contributed by atoms with van der Waals surface area (Å²) in [5, 5.41) is 11.6. The van der Waals surface area contributed by atoms with Gasteiger partial charge in [0, 0.05) is 13.6 Å². The number of hydrogen-bond acceptors (Lipinski definition) is 2. The van der Waals surface area contributed by atoms with Gasteiger partial charge in [0.1, 0.15) is 0 Å². The van der Waals surface area contributed by atoms with Crippen molar-refractivity contribution in [1.29, 1.82) is 0 Å². The van der Waals surface area contributed by atoms with E-state index in [9.17, 15) is 9.59 Å². The van der Waals surface area contributed by atoms with Crippen molar-refractivity contribution in [3.63, 3.8) is 0 Å². The molecule has 0 saturated carbocycles. The number of hydrogen-bond donors (Lipinski definition) is 2. The molecule has 2 N–H and O–H groups in total. The summed E-state index contributed by atoms with van der Waals surface area (Å²) in [7, 11) is 1.60. The van der Waals surface area contributed by atoms with Gasteiger partial charge in [-0.15, -0.1) is 6.58 Å². The van der Waals surface area contributed by atoms with Crippen molar-refractivity contribution in [2.75, 3.05) is 18.9 Å². The molecule has 0 aliphatic rings. The average Bonchev–Trinajstić information content (AvgIpc) is 2.31. The molecule has 0 heterocycles. The molecular formula is C13H16N2O3. The molecule has 0 saturated heterocycles. The molecule has 0 unspecified atom stereocenters. The number of carbonyl (C=O) groups is 2. The standard InChI is InChI=1S/C13H16N2O3/c1-4-7-15(3)13(18)14-11-6-5-9(2)8-10(11)12(16)17/h4-6,8H,1,7H2,2-3H3,(H,14,18)(H,16,17). The molecule has 0 bridgehead atoms. The Balaban J connectivity index is 2.93. The van der Waals surface area contributed by atoms with E-state index >= 15 is 0 Å². The number of anilines is 1. The Kier molecular flexibility index (Phi) is 4.48. The fraction of sp³-hybridized carbons (Fsp3) is 0.231. The lowest BCUT2D eigenvalue weighted by atomic mass is 10.1. The van der Waals surface area contributed by atoms with Crippen molar-refractivity contribution in [1.82, 2.24) is 4.90 Å². The van der Waals surface area contributed by atoms with Crippen molar-refractivity contribution in [3.8, 4) is 0 Å². The topological polar surface area (TPSA) is 69.6 Å². The Morgan fingerprint density at radius 3 is 2.72 bits per heavy atom. The lowest BCUT2D eigenvalue weighted by Gasteiger charge is -2.17. The Morgan fingerprint density at radius 1 is 1.50 bits per heavy atom. The van der Waals surface area contributed by atoms with Crippen LogP contribution < -0.4 is 5.32 Å². The first-order chi connectivity index (χ1) is 8.45. The van der Waals surface area contributed by atoms with Gasteiger partial charge in [-0.25, -0.2) is 9.59 Å². The summed E-state index contributed by atoms with van der Waals surface area (Å²) >= 11 is 0. The largest absolute Gasteiger partial charge is 0.478 e. The molecule has 5 nitrogen and oxygen atoms in total. The van der Waals surface area contributed by atoms with Crippen LogP contribution in [0.4, 0.5) is 10.5 Å². The van der Waals surface area contributed by atoms with Crippen LogP contribution in [0.3, 0.4) is 0 Å². The molecule has 1 aromatic rings. The number of carboxylic acids is 1. The monoisotopic (exact) mass is 248 g/mol. The van der Waals surface area contributed by atoms with E-state index in [1.807, 2.05) is 0 Å². The number of aryl methyl sites for hydroxylation is 1. The van der Waals surface area contributed by atoms with Crippen LogP contribution in [0, 0.1) is 6.92 Å². The van der Waals surface area contributed by atoms with Crippen LogP contribution in [0.2, 0.25) is 0 Å². The van der Waals surface area contributed by atoms with E-state index in [-0.39, 0.29) is 17.3 Å². The molecule has 18 heavy (non-hydrogen) atoms. The van der Waals surface area contributed by atoms with Crippen molar-refractivity contribution in [2.45, 2.75) is 6.92 Å². The minimum Gasteiger partial charge on any atom is -0.478 e. The summed E-state index contributed by atoms with van der Waals surface area (Å²) in [5.41, 5.74) is 1.19. The summed E-state index contributed by atoms with van der Waals surface area (Å²) < 4.78 is 0. The molecule has 5 heteroatoms. The van der Waals surface area contributed by atoms with Crippen LogP contribution in [0.15, 0.2) is 30.9 Å². The fourth-order valence-electron chi connectivity index (χ4n) is 1.43. The molecule has 1 rings (SSSR count). The van der Waals surface area contributed by atoms with Gasteiger partial charge in [-0.05, 0) is 19.1 Å². The van der Waals surface area contributed by atoms with Crippen molar-refractivity contribution < 1.29 is 14.7 Å². The molecule has 2 amide bonds. The zero-order chi connectivity index (χ0) is 13.7. The second-order valence-electron chi connectivity index (χ2n) is 3.95. The minimum absolute atomic E-state index is 0.0790. The first kappa shape index (κ1) is 13.8. The van der Waals surface area contributed by atoms with Gasteiger partial charge in [-0.2, -0.15) is 0 Å². The quantitative estimate of drug-likeness (QED) is 0.803. The number of nitrogens with zero attached hydrogens (tertiary/aromatic N) is 1. The van der Waals surface area contributed by atoms with E-state index in [4.69, 9.17) is 5.11 Å². The van der Waals surface area contributed by atoms with Gasteiger partial charge in [0.05, 0.1) is 11.3 Å². The van der Waals surface area contributed by atoms with Gasteiger partial charge in [0.25, 0.3) is 0 Å². The van der Waals surface area contributed by atoms with E-state index in [1.165, 1.54) is 11.0 Å². The molecule has 0 atom stereocenters. The third kappa shape index (κ3) is 3.35. The van der Waals surface area contributed by atoms with Crippen molar-refractivity contribution >= 4 is 17.7 Å².